The Hall–Kier alpha value is -2.21. The van der Waals surface area contributed by atoms with Gasteiger partial charge < -0.3 is 10.1 Å². The van der Waals surface area contributed by atoms with Crippen LogP contribution in [-0.2, 0) is 4.74 Å². The molecule has 0 radical (unpaired) electrons. The molecule has 104 valence electrons. The predicted molar refractivity (Wildman–Crippen MR) is 73.1 cm³/mol. The molecule has 0 aromatic carbocycles. The Morgan fingerprint density at radius 1 is 1.45 bits per heavy atom. The molecule has 1 saturated heterocycles. The summed E-state index contributed by atoms with van der Waals surface area (Å²) in [6.45, 7) is 1.32. The average molecular weight is 272 g/mol. The van der Waals surface area contributed by atoms with E-state index in [0.29, 0.717) is 17.9 Å². The smallest absolute Gasteiger partial charge is 0.269 e. The number of carbonyl (C=O) groups excluding carboxylic acids is 1. The summed E-state index contributed by atoms with van der Waals surface area (Å²) >= 11 is 0. The first kappa shape index (κ1) is 12.8. The Balaban J connectivity index is 1.62. The molecule has 2 aromatic heterocycles. The van der Waals surface area contributed by atoms with E-state index in [1.807, 2.05) is 18.2 Å². The van der Waals surface area contributed by atoms with Gasteiger partial charge in [-0.3, -0.25) is 14.9 Å². The van der Waals surface area contributed by atoms with Crippen LogP contribution in [0.3, 0.4) is 0 Å². The van der Waals surface area contributed by atoms with Gasteiger partial charge >= 0.3 is 0 Å². The highest BCUT2D eigenvalue weighted by molar-refractivity contribution is 5.93. The quantitative estimate of drug-likeness (QED) is 0.881. The van der Waals surface area contributed by atoms with Crippen LogP contribution in [0.15, 0.2) is 30.5 Å². The molecule has 3 heterocycles. The summed E-state index contributed by atoms with van der Waals surface area (Å²) in [5.41, 5.74) is 1.83. The fourth-order valence-corrected chi connectivity index (χ4v) is 2.19. The number of pyridine rings is 1. The normalized spacial score (nSPS) is 18.1. The van der Waals surface area contributed by atoms with Crippen molar-refractivity contribution in [3.8, 4) is 11.4 Å². The van der Waals surface area contributed by atoms with Gasteiger partial charge in [0.15, 0.2) is 0 Å². The second-order valence-electron chi connectivity index (χ2n) is 4.73. The van der Waals surface area contributed by atoms with Crippen molar-refractivity contribution in [2.24, 2.45) is 0 Å². The molecule has 0 bridgehead atoms. The van der Waals surface area contributed by atoms with Crippen LogP contribution in [0, 0.1) is 0 Å². The monoisotopic (exact) mass is 272 g/mol. The average Bonchev–Trinajstić information content (AvgIpc) is 3.17. The molecule has 1 fully saturated rings. The van der Waals surface area contributed by atoms with Crippen molar-refractivity contribution < 1.29 is 9.53 Å². The highest BCUT2D eigenvalue weighted by Crippen LogP contribution is 2.14. The maximum Gasteiger partial charge on any atom is 0.269 e. The first-order chi connectivity index (χ1) is 9.83. The third kappa shape index (κ3) is 2.85. The molecule has 6 nitrogen and oxygen atoms in total. The topological polar surface area (TPSA) is 79.9 Å². The van der Waals surface area contributed by atoms with Crippen molar-refractivity contribution in [3.05, 3.63) is 36.2 Å². The lowest BCUT2D eigenvalue weighted by Crippen LogP contribution is -2.31. The van der Waals surface area contributed by atoms with Gasteiger partial charge in [-0.25, -0.2) is 0 Å². The maximum absolute atomic E-state index is 12.0. The van der Waals surface area contributed by atoms with E-state index in [1.165, 1.54) is 0 Å². The van der Waals surface area contributed by atoms with Crippen LogP contribution in [0.1, 0.15) is 23.3 Å². The summed E-state index contributed by atoms with van der Waals surface area (Å²) in [7, 11) is 0. The Morgan fingerprint density at radius 3 is 3.15 bits per heavy atom. The molecule has 1 amide bonds. The molecule has 0 aliphatic carbocycles. The van der Waals surface area contributed by atoms with Crippen LogP contribution in [-0.4, -0.2) is 40.3 Å². The van der Waals surface area contributed by atoms with E-state index in [1.54, 1.807) is 12.3 Å². The molecular weight excluding hydrogens is 256 g/mol. The number of carbonyl (C=O) groups is 1. The SMILES string of the molecule is O=C(NC[C@H]1CCCO1)c1cc(-c2ccccn2)n[nH]1. The fraction of sp³-hybridized carbons (Fsp3) is 0.357. The highest BCUT2D eigenvalue weighted by atomic mass is 16.5. The fourth-order valence-electron chi connectivity index (χ4n) is 2.19. The molecular formula is C14H16N4O2. The van der Waals surface area contributed by atoms with E-state index in [-0.39, 0.29) is 12.0 Å². The van der Waals surface area contributed by atoms with Crippen LogP contribution in [0.2, 0.25) is 0 Å². The number of H-pyrrole nitrogens is 1. The number of hydrogen-bond donors (Lipinski definition) is 2. The van der Waals surface area contributed by atoms with E-state index in [0.717, 1.165) is 25.1 Å². The van der Waals surface area contributed by atoms with Crippen LogP contribution in [0.25, 0.3) is 11.4 Å². The van der Waals surface area contributed by atoms with E-state index >= 15 is 0 Å². The van der Waals surface area contributed by atoms with Crippen molar-refractivity contribution in [2.75, 3.05) is 13.2 Å². The van der Waals surface area contributed by atoms with Crippen molar-refractivity contribution in [1.82, 2.24) is 20.5 Å². The van der Waals surface area contributed by atoms with Gasteiger partial charge in [0.05, 0.1) is 11.8 Å². The third-order valence-corrected chi connectivity index (χ3v) is 3.26. The zero-order valence-corrected chi connectivity index (χ0v) is 11.0. The lowest BCUT2D eigenvalue weighted by Gasteiger charge is -2.09. The van der Waals surface area contributed by atoms with Gasteiger partial charge in [0.25, 0.3) is 5.91 Å². The minimum Gasteiger partial charge on any atom is -0.376 e. The van der Waals surface area contributed by atoms with E-state index < -0.39 is 0 Å². The summed E-state index contributed by atoms with van der Waals surface area (Å²) in [5, 5.41) is 9.69. The zero-order valence-electron chi connectivity index (χ0n) is 11.0. The molecule has 3 rings (SSSR count). The van der Waals surface area contributed by atoms with Gasteiger partial charge in [0.2, 0.25) is 0 Å². The second kappa shape index (κ2) is 5.83. The molecule has 2 N–H and O–H groups in total. The summed E-state index contributed by atoms with van der Waals surface area (Å²) < 4.78 is 5.46. The number of rotatable bonds is 4. The molecule has 0 saturated carbocycles. The maximum atomic E-state index is 12.0. The number of aromatic nitrogens is 3. The number of amides is 1. The largest absolute Gasteiger partial charge is 0.376 e. The van der Waals surface area contributed by atoms with Gasteiger partial charge in [-0.15, -0.1) is 0 Å². The minimum absolute atomic E-state index is 0.136. The van der Waals surface area contributed by atoms with E-state index in [9.17, 15) is 4.79 Å². The Bertz CT molecular complexity index is 576. The number of hydrogen-bond acceptors (Lipinski definition) is 4. The first-order valence-electron chi connectivity index (χ1n) is 6.69. The van der Waals surface area contributed by atoms with Crippen LogP contribution < -0.4 is 5.32 Å². The molecule has 1 atom stereocenters. The molecule has 0 spiro atoms. The van der Waals surface area contributed by atoms with Crippen molar-refractivity contribution in [3.63, 3.8) is 0 Å². The summed E-state index contributed by atoms with van der Waals surface area (Å²) in [6.07, 6.45) is 3.90. The van der Waals surface area contributed by atoms with Crippen molar-refractivity contribution >= 4 is 5.91 Å². The molecule has 2 aromatic rings. The number of ether oxygens (including phenoxy) is 1. The van der Waals surface area contributed by atoms with Crippen molar-refractivity contribution in [1.29, 1.82) is 0 Å². The molecule has 1 aliphatic rings. The van der Waals surface area contributed by atoms with Gasteiger partial charge in [-0.2, -0.15) is 5.10 Å². The third-order valence-electron chi connectivity index (χ3n) is 3.26. The molecule has 6 heteroatoms. The van der Waals surface area contributed by atoms with Gasteiger partial charge in [-0.05, 0) is 31.0 Å². The summed E-state index contributed by atoms with van der Waals surface area (Å²) in [6, 6.07) is 7.27. The number of aromatic amines is 1. The molecule has 1 aliphatic heterocycles. The van der Waals surface area contributed by atoms with Gasteiger partial charge in [-0.1, -0.05) is 6.07 Å². The standard InChI is InChI=1S/C14H16N4O2/c19-14(16-9-10-4-3-7-20-10)13-8-12(17-18-13)11-5-1-2-6-15-11/h1-2,5-6,8,10H,3-4,7,9H2,(H,16,19)(H,17,18)/t10-/m1/s1. The lowest BCUT2D eigenvalue weighted by atomic mass is 10.2. The van der Waals surface area contributed by atoms with Crippen LogP contribution in [0.5, 0.6) is 0 Å². The predicted octanol–water partition coefficient (Wildman–Crippen LogP) is 1.38. The Morgan fingerprint density at radius 2 is 2.40 bits per heavy atom. The van der Waals surface area contributed by atoms with Crippen molar-refractivity contribution in [2.45, 2.75) is 18.9 Å². The summed E-state index contributed by atoms with van der Waals surface area (Å²) in [5.74, 6) is -0.171. The lowest BCUT2D eigenvalue weighted by molar-refractivity contribution is 0.0853. The van der Waals surface area contributed by atoms with Crippen LogP contribution >= 0.6 is 0 Å². The van der Waals surface area contributed by atoms with E-state index in [2.05, 4.69) is 20.5 Å². The van der Waals surface area contributed by atoms with Gasteiger partial charge in [0.1, 0.15) is 11.4 Å². The Labute approximate surface area is 116 Å². The highest BCUT2D eigenvalue weighted by Gasteiger charge is 2.17. The van der Waals surface area contributed by atoms with E-state index in [4.69, 9.17) is 4.74 Å². The van der Waals surface area contributed by atoms with Gasteiger partial charge in [0, 0.05) is 19.3 Å². The second-order valence-corrected chi connectivity index (χ2v) is 4.73. The number of nitrogens with zero attached hydrogens (tertiary/aromatic N) is 2. The first-order valence-corrected chi connectivity index (χ1v) is 6.69. The Kier molecular flexibility index (Phi) is 3.73. The summed E-state index contributed by atoms with van der Waals surface area (Å²) in [4.78, 5) is 16.2. The molecule has 0 unspecified atom stereocenters. The molecule has 20 heavy (non-hydrogen) atoms. The zero-order chi connectivity index (χ0) is 13.8. The van der Waals surface area contributed by atoms with Crippen LogP contribution in [0.4, 0.5) is 0 Å². The minimum atomic E-state index is -0.171. The number of nitrogens with one attached hydrogen (secondary N) is 2.